The number of hydrogen-bond donors (Lipinski definition) is 0. The maximum atomic E-state index is 12.8. The summed E-state index contributed by atoms with van der Waals surface area (Å²) < 4.78 is 11.6. The van der Waals surface area contributed by atoms with Crippen LogP contribution >= 0.6 is 24.0 Å². The van der Waals surface area contributed by atoms with Gasteiger partial charge in [-0.05, 0) is 36.1 Å². The molecule has 2 aliphatic rings. The summed E-state index contributed by atoms with van der Waals surface area (Å²) in [6.45, 7) is 4.79. The van der Waals surface area contributed by atoms with Gasteiger partial charge in [0.25, 0.3) is 5.91 Å². The van der Waals surface area contributed by atoms with Crippen LogP contribution in [-0.2, 0) is 4.79 Å². The van der Waals surface area contributed by atoms with Gasteiger partial charge in [-0.1, -0.05) is 68.4 Å². The Labute approximate surface area is 170 Å². The molecule has 0 spiro atoms. The van der Waals surface area contributed by atoms with Gasteiger partial charge >= 0.3 is 0 Å². The predicted octanol–water partition coefficient (Wildman–Crippen LogP) is 5.04. The van der Waals surface area contributed by atoms with Crippen LogP contribution in [0.15, 0.2) is 35.8 Å². The Morgan fingerprint density at radius 2 is 2.11 bits per heavy atom. The Kier molecular flexibility index (Phi) is 6.96. The van der Waals surface area contributed by atoms with Crippen LogP contribution in [0, 0.1) is 5.92 Å². The molecule has 0 bridgehead atoms. The number of thioether (sulfide) groups is 1. The number of methoxy groups -OCH3 is 1. The Morgan fingerprint density at radius 1 is 1.33 bits per heavy atom. The number of thiocarbonyl (C=S) groups is 1. The second-order valence-electron chi connectivity index (χ2n) is 6.78. The molecular formula is C21H25NO3S2. The Hall–Kier alpha value is -1.79. The van der Waals surface area contributed by atoms with E-state index < -0.39 is 0 Å². The summed E-state index contributed by atoms with van der Waals surface area (Å²) in [5.74, 6) is 2.03. The zero-order valence-corrected chi connectivity index (χ0v) is 17.2. The lowest BCUT2D eigenvalue weighted by Gasteiger charge is -2.17. The maximum Gasteiger partial charge on any atom is 0.266 e. The minimum Gasteiger partial charge on any atom is -0.493 e. The van der Waals surface area contributed by atoms with Crippen LogP contribution < -0.4 is 9.47 Å². The Morgan fingerprint density at radius 3 is 2.81 bits per heavy atom. The van der Waals surface area contributed by atoms with Crippen molar-refractivity contribution in [3.05, 3.63) is 41.3 Å². The van der Waals surface area contributed by atoms with E-state index >= 15 is 0 Å². The van der Waals surface area contributed by atoms with Crippen LogP contribution in [-0.4, -0.2) is 35.4 Å². The summed E-state index contributed by atoms with van der Waals surface area (Å²) in [4.78, 5) is 15.2. The number of nitrogens with zero attached hydrogens (tertiary/aromatic N) is 1. The van der Waals surface area contributed by atoms with Crippen LogP contribution in [0.4, 0.5) is 0 Å². The number of amides is 1. The highest BCUT2D eigenvalue weighted by atomic mass is 32.2. The molecule has 2 fully saturated rings. The summed E-state index contributed by atoms with van der Waals surface area (Å²) >= 11 is 6.82. The third-order valence-electron chi connectivity index (χ3n) is 4.95. The van der Waals surface area contributed by atoms with Gasteiger partial charge in [0, 0.05) is 6.54 Å². The van der Waals surface area contributed by atoms with E-state index in [0.29, 0.717) is 27.3 Å². The Balaban J connectivity index is 1.69. The lowest BCUT2D eigenvalue weighted by Crippen LogP contribution is -2.30. The van der Waals surface area contributed by atoms with Crippen molar-refractivity contribution in [2.45, 2.75) is 32.1 Å². The average Bonchev–Trinajstić information content (AvgIpc) is 3.28. The van der Waals surface area contributed by atoms with E-state index in [2.05, 4.69) is 6.58 Å². The fourth-order valence-electron chi connectivity index (χ4n) is 3.50. The van der Waals surface area contributed by atoms with Crippen molar-refractivity contribution in [1.29, 1.82) is 0 Å². The van der Waals surface area contributed by atoms with Crippen LogP contribution in [0.3, 0.4) is 0 Å². The molecule has 144 valence electrons. The number of carbonyl (C=O) groups excluding carboxylic acids is 1. The van der Waals surface area contributed by atoms with Crippen molar-refractivity contribution < 1.29 is 14.3 Å². The monoisotopic (exact) mass is 403 g/mol. The normalized spacial score (nSPS) is 19.1. The van der Waals surface area contributed by atoms with Crippen LogP contribution in [0.25, 0.3) is 6.08 Å². The maximum absolute atomic E-state index is 12.8. The van der Waals surface area contributed by atoms with Crippen molar-refractivity contribution in [3.63, 3.8) is 0 Å². The first-order valence-electron chi connectivity index (χ1n) is 9.29. The molecule has 1 heterocycles. The highest BCUT2D eigenvalue weighted by Gasteiger charge is 2.32. The van der Waals surface area contributed by atoms with Gasteiger partial charge in [-0.3, -0.25) is 9.69 Å². The molecule has 1 saturated heterocycles. The molecule has 27 heavy (non-hydrogen) atoms. The number of benzene rings is 1. The predicted molar refractivity (Wildman–Crippen MR) is 115 cm³/mol. The Bertz CT molecular complexity index is 754. The van der Waals surface area contributed by atoms with Gasteiger partial charge < -0.3 is 9.47 Å². The van der Waals surface area contributed by atoms with Gasteiger partial charge in [0.05, 0.1) is 12.0 Å². The molecule has 0 unspecified atom stereocenters. The van der Waals surface area contributed by atoms with Crippen molar-refractivity contribution in [3.8, 4) is 11.5 Å². The van der Waals surface area contributed by atoms with Crippen LogP contribution in [0.2, 0.25) is 0 Å². The molecule has 0 radical (unpaired) electrons. The molecule has 0 atom stereocenters. The molecule has 0 N–H and O–H groups in total. The van der Waals surface area contributed by atoms with E-state index in [1.165, 1.54) is 37.4 Å². The van der Waals surface area contributed by atoms with E-state index in [4.69, 9.17) is 21.7 Å². The fourth-order valence-corrected chi connectivity index (χ4v) is 4.81. The zero-order chi connectivity index (χ0) is 19.2. The highest BCUT2D eigenvalue weighted by molar-refractivity contribution is 8.26. The lowest BCUT2D eigenvalue weighted by molar-refractivity contribution is -0.122. The molecule has 1 saturated carbocycles. The number of hydrogen-bond acceptors (Lipinski definition) is 5. The topological polar surface area (TPSA) is 38.8 Å². The quantitative estimate of drug-likeness (QED) is 0.345. The average molecular weight is 404 g/mol. The molecule has 4 nitrogen and oxygen atoms in total. The fraction of sp³-hybridized carbons (Fsp3) is 0.429. The zero-order valence-electron chi connectivity index (χ0n) is 15.6. The number of rotatable bonds is 8. The largest absolute Gasteiger partial charge is 0.493 e. The summed E-state index contributed by atoms with van der Waals surface area (Å²) in [5.41, 5.74) is 0.883. The summed E-state index contributed by atoms with van der Waals surface area (Å²) in [6, 6.07) is 5.62. The molecule has 1 aliphatic heterocycles. The van der Waals surface area contributed by atoms with Gasteiger partial charge in [-0.15, -0.1) is 0 Å². The molecule has 3 rings (SSSR count). The third kappa shape index (κ3) is 4.93. The second kappa shape index (κ2) is 9.42. The summed E-state index contributed by atoms with van der Waals surface area (Å²) in [7, 11) is 1.60. The molecule has 1 amide bonds. The molecule has 1 aliphatic carbocycles. The van der Waals surface area contributed by atoms with Crippen molar-refractivity contribution in [2.24, 2.45) is 5.92 Å². The van der Waals surface area contributed by atoms with Crippen molar-refractivity contribution in [2.75, 3.05) is 20.3 Å². The molecule has 1 aromatic rings. The van der Waals surface area contributed by atoms with E-state index in [9.17, 15) is 4.79 Å². The van der Waals surface area contributed by atoms with Crippen molar-refractivity contribution >= 4 is 40.3 Å². The van der Waals surface area contributed by atoms with E-state index in [0.717, 1.165) is 24.4 Å². The standard InChI is InChI=1S/C21H25NO3S2/c1-3-12-25-17-9-8-16(13-18(17)24-2)14-19-20(23)22(21(26)27-19)11-10-15-6-4-5-7-15/h3,8-9,13-15H,1,4-7,10-12H2,2H3/b19-14+. The molecule has 6 heteroatoms. The minimum absolute atomic E-state index is 0.00828. The smallest absolute Gasteiger partial charge is 0.266 e. The number of ether oxygens (including phenoxy) is 2. The van der Waals surface area contributed by atoms with Gasteiger partial charge in [-0.2, -0.15) is 0 Å². The third-order valence-corrected chi connectivity index (χ3v) is 6.33. The van der Waals surface area contributed by atoms with E-state index in [-0.39, 0.29) is 5.91 Å². The lowest BCUT2D eigenvalue weighted by atomic mass is 10.0. The van der Waals surface area contributed by atoms with Gasteiger partial charge in [-0.25, -0.2) is 0 Å². The number of carbonyl (C=O) groups is 1. The van der Waals surface area contributed by atoms with Crippen molar-refractivity contribution in [1.82, 2.24) is 4.90 Å². The van der Waals surface area contributed by atoms with Gasteiger partial charge in [0.15, 0.2) is 11.5 Å². The van der Waals surface area contributed by atoms with E-state index in [1.807, 2.05) is 24.3 Å². The SMILES string of the molecule is C=CCOc1ccc(/C=C2/SC(=S)N(CCC3CCCC3)C2=O)cc1OC. The minimum atomic E-state index is 0.00828. The van der Waals surface area contributed by atoms with E-state index in [1.54, 1.807) is 18.1 Å². The molecule has 1 aromatic carbocycles. The second-order valence-corrected chi connectivity index (χ2v) is 8.46. The van der Waals surface area contributed by atoms with Crippen LogP contribution in [0.1, 0.15) is 37.7 Å². The first-order valence-corrected chi connectivity index (χ1v) is 10.5. The summed E-state index contributed by atoms with van der Waals surface area (Å²) in [6.07, 6.45) is 9.80. The van der Waals surface area contributed by atoms with Gasteiger partial charge in [0.2, 0.25) is 0 Å². The first-order chi connectivity index (χ1) is 13.1. The van der Waals surface area contributed by atoms with Crippen LogP contribution in [0.5, 0.6) is 11.5 Å². The first kappa shape index (κ1) is 20.0. The van der Waals surface area contributed by atoms with Gasteiger partial charge in [0.1, 0.15) is 10.9 Å². The summed E-state index contributed by atoms with van der Waals surface area (Å²) in [5, 5.41) is 0. The highest BCUT2D eigenvalue weighted by Crippen LogP contribution is 2.36. The molecule has 0 aromatic heterocycles. The molecular weight excluding hydrogens is 378 g/mol.